The summed E-state index contributed by atoms with van der Waals surface area (Å²) >= 11 is 5.58. The summed E-state index contributed by atoms with van der Waals surface area (Å²) in [6.07, 6.45) is 14.5. The average molecular weight is 276 g/mol. The summed E-state index contributed by atoms with van der Waals surface area (Å²) in [6, 6.07) is 0. The zero-order valence-corrected chi connectivity index (χ0v) is 12.5. The standard InChI is InChI=1S/C15H29ClO2/c1-2-3-4-5-6-7-8-9-10-11-12-13-14(16)15(17)18/h14H,2-13H2,1H3,(H,17,18)/p-1. The van der Waals surface area contributed by atoms with Crippen molar-refractivity contribution in [3.8, 4) is 0 Å². The maximum Gasteiger partial charge on any atom is 0.0730 e. The molecule has 0 saturated carbocycles. The Kier molecular flexibility index (Phi) is 13.0. The minimum atomic E-state index is -1.14. The highest BCUT2D eigenvalue weighted by atomic mass is 35.5. The van der Waals surface area contributed by atoms with Crippen molar-refractivity contribution in [2.45, 2.75) is 89.4 Å². The molecule has 1 atom stereocenters. The van der Waals surface area contributed by atoms with Gasteiger partial charge in [0.1, 0.15) is 0 Å². The Bertz CT molecular complexity index is 195. The molecule has 0 saturated heterocycles. The zero-order chi connectivity index (χ0) is 13.6. The van der Waals surface area contributed by atoms with Crippen molar-refractivity contribution < 1.29 is 9.90 Å². The Morgan fingerprint density at radius 2 is 1.28 bits per heavy atom. The Labute approximate surface area is 117 Å². The van der Waals surface area contributed by atoms with Crippen LogP contribution < -0.4 is 5.11 Å². The molecule has 1 unspecified atom stereocenters. The van der Waals surface area contributed by atoms with E-state index in [1.807, 2.05) is 0 Å². The maximum absolute atomic E-state index is 10.4. The molecule has 0 aromatic heterocycles. The number of halogens is 1. The van der Waals surface area contributed by atoms with Crippen LogP contribution in [0.2, 0.25) is 0 Å². The molecule has 0 bridgehead atoms. The van der Waals surface area contributed by atoms with Crippen molar-refractivity contribution in [1.29, 1.82) is 0 Å². The average Bonchev–Trinajstić information content (AvgIpc) is 2.35. The number of hydrogen-bond donors (Lipinski definition) is 0. The molecule has 108 valence electrons. The lowest BCUT2D eigenvalue weighted by atomic mass is 10.0. The van der Waals surface area contributed by atoms with Crippen LogP contribution in [0.4, 0.5) is 0 Å². The van der Waals surface area contributed by atoms with E-state index in [2.05, 4.69) is 6.92 Å². The van der Waals surface area contributed by atoms with E-state index in [0.29, 0.717) is 6.42 Å². The molecule has 0 spiro atoms. The first-order chi connectivity index (χ1) is 8.68. The first-order valence-corrected chi connectivity index (χ1v) is 7.97. The number of unbranched alkanes of at least 4 members (excludes halogenated alkanes) is 10. The van der Waals surface area contributed by atoms with Crippen LogP contribution in [0.5, 0.6) is 0 Å². The van der Waals surface area contributed by atoms with Gasteiger partial charge in [-0.1, -0.05) is 77.6 Å². The van der Waals surface area contributed by atoms with Crippen LogP contribution in [-0.2, 0) is 4.79 Å². The fraction of sp³-hybridized carbons (Fsp3) is 0.933. The third-order valence-corrected chi connectivity index (χ3v) is 3.71. The summed E-state index contributed by atoms with van der Waals surface area (Å²) in [5.74, 6) is -1.14. The van der Waals surface area contributed by atoms with E-state index in [9.17, 15) is 9.90 Å². The van der Waals surface area contributed by atoms with Crippen molar-refractivity contribution >= 4 is 17.6 Å². The minimum absolute atomic E-state index is 0.543. The van der Waals surface area contributed by atoms with Gasteiger partial charge in [-0.05, 0) is 6.42 Å². The first kappa shape index (κ1) is 17.8. The lowest BCUT2D eigenvalue weighted by Gasteiger charge is -2.09. The molecule has 2 nitrogen and oxygen atoms in total. The lowest BCUT2D eigenvalue weighted by Crippen LogP contribution is -2.31. The van der Waals surface area contributed by atoms with E-state index in [0.717, 1.165) is 12.8 Å². The van der Waals surface area contributed by atoms with Crippen molar-refractivity contribution in [3.05, 3.63) is 0 Å². The molecule has 0 aromatic rings. The van der Waals surface area contributed by atoms with Gasteiger partial charge in [0.2, 0.25) is 0 Å². The molecule has 0 heterocycles. The molecule has 0 fully saturated rings. The van der Waals surface area contributed by atoms with Crippen LogP contribution >= 0.6 is 11.6 Å². The van der Waals surface area contributed by atoms with Gasteiger partial charge in [-0.15, -0.1) is 11.6 Å². The number of carboxylic acids is 1. The summed E-state index contributed by atoms with van der Waals surface area (Å²) in [6.45, 7) is 2.24. The first-order valence-electron chi connectivity index (χ1n) is 7.53. The van der Waals surface area contributed by atoms with Crippen LogP contribution in [0.3, 0.4) is 0 Å². The van der Waals surface area contributed by atoms with Gasteiger partial charge < -0.3 is 9.90 Å². The van der Waals surface area contributed by atoms with Gasteiger partial charge in [-0.25, -0.2) is 0 Å². The highest BCUT2D eigenvalue weighted by Gasteiger charge is 2.03. The molecule has 0 radical (unpaired) electrons. The number of hydrogen-bond acceptors (Lipinski definition) is 2. The van der Waals surface area contributed by atoms with Gasteiger partial charge in [-0.2, -0.15) is 0 Å². The molecule has 0 amide bonds. The molecule has 0 aliphatic rings. The number of carbonyl (C=O) groups is 1. The quantitative estimate of drug-likeness (QED) is 0.376. The molecule has 0 N–H and O–H groups in total. The Morgan fingerprint density at radius 1 is 0.889 bits per heavy atom. The highest BCUT2D eigenvalue weighted by Crippen LogP contribution is 2.13. The number of alkyl halides is 1. The molecule has 0 aliphatic carbocycles. The van der Waals surface area contributed by atoms with Crippen molar-refractivity contribution in [2.24, 2.45) is 0 Å². The summed E-state index contributed by atoms with van der Waals surface area (Å²) in [5, 5.41) is 9.57. The van der Waals surface area contributed by atoms with E-state index >= 15 is 0 Å². The van der Waals surface area contributed by atoms with E-state index in [1.165, 1.54) is 57.8 Å². The van der Waals surface area contributed by atoms with Crippen molar-refractivity contribution in [3.63, 3.8) is 0 Å². The second-order valence-electron chi connectivity index (χ2n) is 5.11. The molecular formula is C15H28ClO2-. The summed E-state index contributed by atoms with van der Waals surface area (Å²) in [4.78, 5) is 10.4. The van der Waals surface area contributed by atoms with Gasteiger partial charge in [0.15, 0.2) is 0 Å². The molecular weight excluding hydrogens is 248 g/mol. The van der Waals surface area contributed by atoms with Crippen LogP contribution in [0.15, 0.2) is 0 Å². The highest BCUT2D eigenvalue weighted by molar-refractivity contribution is 6.29. The van der Waals surface area contributed by atoms with Gasteiger partial charge in [0, 0.05) is 0 Å². The predicted molar refractivity (Wildman–Crippen MR) is 75.7 cm³/mol. The van der Waals surface area contributed by atoms with Crippen LogP contribution in [0, 0.1) is 0 Å². The number of rotatable bonds is 13. The number of carbonyl (C=O) groups excluding carboxylic acids is 1. The van der Waals surface area contributed by atoms with Gasteiger partial charge in [0.05, 0.1) is 11.3 Å². The van der Waals surface area contributed by atoms with Crippen molar-refractivity contribution in [1.82, 2.24) is 0 Å². The Balaban J connectivity index is 3.05. The van der Waals surface area contributed by atoms with Gasteiger partial charge >= 0.3 is 0 Å². The SMILES string of the molecule is CCCCCCCCCCCCCC(Cl)C(=O)[O-]. The Morgan fingerprint density at radius 3 is 1.67 bits per heavy atom. The van der Waals surface area contributed by atoms with Gasteiger partial charge in [-0.3, -0.25) is 0 Å². The van der Waals surface area contributed by atoms with Crippen molar-refractivity contribution in [2.75, 3.05) is 0 Å². The molecule has 0 aliphatic heterocycles. The smallest absolute Gasteiger partial charge is 0.0730 e. The largest absolute Gasteiger partial charge is 0.549 e. The predicted octanol–water partition coefficient (Wildman–Crippen LogP) is 4.04. The summed E-state index contributed by atoms with van der Waals surface area (Å²) in [5.41, 5.74) is 0. The molecule has 18 heavy (non-hydrogen) atoms. The van der Waals surface area contributed by atoms with E-state index in [1.54, 1.807) is 0 Å². The summed E-state index contributed by atoms with van der Waals surface area (Å²) < 4.78 is 0. The van der Waals surface area contributed by atoms with Crippen LogP contribution in [0.25, 0.3) is 0 Å². The fourth-order valence-electron chi connectivity index (χ4n) is 2.11. The normalized spacial score (nSPS) is 12.6. The second kappa shape index (κ2) is 13.2. The number of aliphatic carboxylic acids is 1. The molecule has 3 heteroatoms. The third kappa shape index (κ3) is 12.2. The zero-order valence-electron chi connectivity index (χ0n) is 11.8. The van der Waals surface area contributed by atoms with E-state index < -0.39 is 11.3 Å². The monoisotopic (exact) mass is 275 g/mol. The third-order valence-electron chi connectivity index (χ3n) is 3.32. The lowest BCUT2D eigenvalue weighted by molar-refractivity contribution is -0.305. The second-order valence-corrected chi connectivity index (χ2v) is 5.64. The topological polar surface area (TPSA) is 40.1 Å². The minimum Gasteiger partial charge on any atom is -0.549 e. The number of carboxylic acid groups (broad SMARTS) is 1. The van der Waals surface area contributed by atoms with Gasteiger partial charge in [0.25, 0.3) is 0 Å². The van der Waals surface area contributed by atoms with Crippen LogP contribution in [0.1, 0.15) is 84.0 Å². The van der Waals surface area contributed by atoms with E-state index in [-0.39, 0.29) is 0 Å². The molecule has 0 rings (SSSR count). The molecule has 0 aromatic carbocycles. The fourth-order valence-corrected chi connectivity index (χ4v) is 2.26. The summed E-state index contributed by atoms with van der Waals surface area (Å²) in [7, 11) is 0. The maximum atomic E-state index is 10.4. The van der Waals surface area contributed by atoms with Crippen LogP contribution in [-0.4, -0.2) is 11.3 Å². The Hall–Kier alpha value is -0.240. The van der Waals surface area contributed by atoms with E-state index in [4.69, 9.17) is 11.6 Å².